The zero-order chi connectivity index (χ0) is 15.0. The van der Waals surface area contributed by atoms with E-state index in [1.165, 1.54) is 0 Å². The highest BCUT2D eigenvalue weighted by Gasteiger charge is 2.26. The van der Waals surface area contributed by atoms with Gasteiger partial charge in [-0.2, -0.15) is 0 Å². The van der Waals surface area contributed by atoms with E-state index >= 15 is 0 Å². The number of hydrogen-bond donors (Lipinski definition) is 0. The zero-order valence-corrected chi connectivity index (χ0v) is 13.6. The lowest BCUT2D eigenvalue weighted by Crippen LogP contribution is -2.17. The van der Waals surface area contributed by atoms with Crippen LogP contribution < -0.4 is 4.74 Å². The molecule has 21 heavy (non-hydrogen) atoms. The number of likely N-dealkylation sites (N-methyl/N-ethyl adjacent to an activating group) is 1. The third kappa shape index (κ3) is 2.74. The summed E-state index contributed by atoms with van der Waals surface area (Å²) in [7, 11) is 2.16. The van der Waals surface area contributed by atoms with E-state index in [0.29, 0.717) is 11.9 Å². The number of likely N-dealkylation sites (tertiary alicyclic amines) is 1. The van der Waals surface area contributed by atoms with Gasteiger partial charge in [0, 0.05) is 12.6 Å². The van der Waals surface area contributed by atoms with Crippen LogP contribution in [0.15, 0.2) is 18.2 Å². The number of ether oxygens (including phenoxy) is 1. The van der Waals surface area contributed by atoms with Gasteiger partial charge in [0.05, 0.1) is 17.5 Å². The highest BCUT2D eigenvalue weighted by Crippen LogP contribution is 2.32. The molecule has 3 rings (SSSR count). The lowest BCUT2D eigenvalue weighted by atomic mass is 10.2. The predicted molar refractivity (Wildman–Crippen MR) is 86.2 cm³/mol. The molecule has 1 aliphatic rings. The molecule has 0 amide bonds. The van der Waals surface area contributed by atoms with Crippen molar-refractivity contribution in [2.75, 3.05) is 20.1 Å². The Morgan fingerprint density at radius 2 is 2.24 bits per heavy atom. The van der Waals surface area contributed by atoms with Crippen molar-refractivity contribution in [3.05, 3.63) is 24.0 Å². The molecule has 1 saturated heterocycles. The van der Waals surface area contributed by atoms with Crippen LogP contribution in [0, 0.1) is 0 Å². The van der Waals surface area contributed by atoms with E-state index in [9.17, 15) is 0 Å². The number of benzene rings is 1. The van der Waals surface area contributed by atoms with Gasteiger partial charge in [0.15, 0.2) is 0 Å². The van der Waals surface area contributed by atoms with E-state index in [1.54, 1.807) is 0 Å². The first kappa shape index (κ1) is 14.7. The molecular formula is C16H22ClN3O. The number of halogens is 1. The largest absolute Gasteiger partial charge is 0.489 e. The Bertz CT molecular complexity index is 638. The third-order valence-electron chi connectivity index (χ3n) is 3.97. The Balaban J connectivity index is 2.10. The second kappa shape index (κ2) is 5.85. The number of rotatable bonds is 4. The summed E-state index contributed by atoms with van der Waals surface area (Å²) in [5.41, 5.74) is 2.06. The molecule has 0 spiro atoms. The van der Waals surface area contributed by atoms with Crippen LogP contribution in [-0.4, -0.2) is 40.7 Å². The second-order valence-corrected chi connectivity index (χ2v) is 6.29. The van der Waals surface area contributed by atoms with Crippen LogP contribution in [0.1, 0.15) is 32.1 Å². The Hall–Kier alpha value is -1.26. The van der Waals surface area contributed by atoms with Crippen molar-refractivity contribution >= 4 is 22.6 Å². The summed E-state index contributed by atoms with van der Waals surface area (Å²) >= 11 is 6.14. The molecule has 2 heterocycles. The van der Waals surface area contributed by atoms with Gasteiger partial charge in [-0.3, -0.25) is 0 Å². The lowest BCUT2D eigenvalue weighted by molar-refractivity contribution is 0.245. The zero-order valence-electron chi connectivity index (χ0n) is 12.8. The molecule has 1 atom stereocenters. The van der Waals surface area contributed by atoms with Crippen LogP contribution >= 0.6 is 11.6 Å². The number of alkyl halides is 1. The molecule has 0 radical (unpaired) electrons. The normalized spacial score (nSPS) is 19.8. The van der Waals surface area contributed by atoms with Crippen molar-refractivity contribution in [1.82, 2.24) is 14.5 Å². The monoisotopic (exact) mass is 307 g/mol. The number of fused-ring (bicyclic) bond motifs is 1. The first-order chi connectivity index (χ1) is 10.1. The molecule has 0 saturated carbocycles. The number of hydrogen-bond acceptors (Lipinski definition) is 3. The van der Waals surface area contributed by atoms with Crippen molar-refractivity contribution in [2.24, 2.45) is 0 Å². The summed E-state index contributed by atoms with van der Waals surface area (Å²) in [6, 6.07) is 6.58. The van der Waals surface area contributed by atoms with Gasteiger partial charge in [-0.15, -0.1) is 11.6 Å². The average molecular weight is 308 g/mol. The minimum atomic E-state index is 0.137. The van der Waals surface area contributed by atoms with Crippen molar-refractivity contribution in [3.8, 4) is 5.75 Å². The first-order valence-electron chi connectivity index (χ1n) is 7.51. The minimum absolute atomic E-state index is 0.137. The Morgan fingerprint density at radius 1 is 1.43 bits per heavy atom. The van der Waals surface area contributed by atoms with Crippen LogP contribution in [-0.2, 0) is 5.88 Å². The molecule has 1 unspecified atom stereocenters. The minimum Gasteiger partial charge on any atom is -0.489 e. The highest BCUT2D eigenvalue weighted by atomic mass is 35.5. The summed E-state index contributed by atoms with van der Waals surface area (Å²) in [6.07, 6.45) is 1.28. The van der Waals surface area contributed by atoms with E-state index in [0.717, 1.165) is 42.1 Å². The summed E-state index contributed by atoms with van der Waals surface area (Å²) in [6.45, 7) is 6.23. The fourth-order valence-electron chi connectivity index (χ4n) is 3.11. The van der Waals surface area contributed by atoms with Gasteiger partial charge in [-0.25, -0.2) is 4.98 Å². The summed E-state index contributed by atoms with van der Waals surface area (Å²) in [5.74, 6) is 2.21. The fourth-order valence-corrected chi connectivity index (χ4v) is 3.30. The molecule has 1 aromatic heterocycles. The molecular weight excluding hydrogens is 286 g/mol. The van der Waals surface area contributed by atoms with Crippen LogP contribution in [0.5, 0.6) is 5.75 Å². The Morgan fingerprint density at radius 3 is 2.86 bits per heavy atom. The molecule has 1 aromatic carbocycles. The predicted octanol–water partition coefficient (Wildman–Crippen LogP) is 3.44. The molecule has 0 N–H and O–H groups in total. The van der Waals surface area contributed by atoms with Crippen LogP contribution in [0.4, 0.5) is 0 Å². The quantitative estimate of drug-likeness (QED) is 0.811. The third-order valence-corrected chi connectivity index (χ3v) is 4.21. The molecule has 5 heteroatoms. The molecule has 1 fully saturated rings. The summed E-state index contributed by atoms with van der Waals surface area (Å²) in [5, 5.41) is 0. The smallest absolute Gasteiger partial charge is 0.147 e. The molecule has 0 bridgehead atoms. The van der Waals surface area contributed by atoms with Crippen LogP contribution in [0.25, 0.3) is 11.0 Å². The topological polar surface area (TPSA) is 30.3 Å². The lowest BCUT2D eigenvalue weighted by Gasteiger charge is -2.16. The second-order valence-electron chi connectivity index (χ2n) is 6.03. The molecule has 1 aliphatic heterocycles. The van der Waals surface area contributed by atoms with Crippen LogP contribution in [0.3, 0.4) is 0 Å². The van der Waals surface area contributed by atoms with Gasteiger partial charge in [-0.1, -0.05) is 6.07 Å². The van der Waals surface area contributed by atoms with Crippen molar-refractivity contribution in [3.63, 3.8) is 0 Å². The van der Waals surface area contributed by atoms with E-state index in [1.807, 2.05) is 26.0 Å². The van der Waals surface area contributed by atoms with Crippen molar-refractivity contribution in [1.29, 1.82) is 0 Å². The number of nitrogens with zero attached hydrogens (tertiary/aromatic N) is 3. The Kier molecular flexibility index (Phi) is 4.09. The van der Waals surface area contributed by atoms with Crippen LogP contribution in [0.2, 0.25) is 0 Å². The summed E-state index contributed by atoms with van der Waals surface area (Å²) < 4.78 is 8.20. The number of para-hydroxylation sites is 1. The molecule has 0 aliphatic carbocycles. The van der Waals surface area contributed by atoms with Crippen molar-refractivity contribution < 1.29 is 4.74 Å². The van der Waals surface area contributed by atoms with E-state index in [-0.39, 0.29) is 6.10 Å². The van der Waals surface area contributed by atoms with Gasteiger partial charge < -0.3 is 14.2 Å². The molecule has 2 aromatic rings. The number of imidazole rings is 1. The van der Waals surface area contributed by atoms with Gasteiger partial charge >= 0.3 is 0 Å². The maximum absolute atomic E-state index is 6.14. The molecule has 114 valence electrons. The number of aromatic nitrogens is 2. The van der Waals surface area contributed by atoms with Gasteiger partial charge in [-0.05, 0) is 46.0 Å². The maximum Gasteiger partial charge on any atom is 0.147 e. The van der Waals surface area contributed by atoms with E-state index < -0.39 is 0 Å². The first-order valence-corrected chi connectivity index (χ1v) is 8.04. The van der Waals surface area contributed by atoms with Gasteiger partial charge in [0.25, 0.3) is 0 Å². The van der Waals surface area contributed by atoms with Gasteiger partial charge in [0.1, 0.15) is 17.1 Å². The summed E-state index contributed by atoms with van der Waals surface area (Å²) in [4.78, 5) is 7.09. The standard InChI is InChI=1S/C16H22ClN3O/c1-11(2)21-14-6-4-5-13-16(14)18-15(9-17)20(13)12-7-8-19(3)10-12/h4-6,11-12H,7-10H2,1-3H3. The van der Waals surface area contributed by atoms with Crippen molar-refractivity contribution in [2.45, 2.75) is 38.3 Å². The average Bonchev–Trinajstić information content (AvgIpc) is 3.01. The Labute approximate surface area is 130 Å². The SMILES string of the molecule is CC(C)Oc1cccc2c1nc(CCl)n2C1CCN(C)C1. The van der Waals surface area contributed by atoms with E-state index in [2.05, 4.69) is 22.6 Å². The van der Waals surface area contributed by atoms with Gasteiger partial charge in [0.2, 0.25) is 0 Å². The fraction of sp³-hybridized carbons (Fsp3) is 0.562. The maximum atomic E-state index is 6.14. The highest BCUT2D eigenvalue weighted by molar-refractivity contribution is 6.16. The van der Waals surface area contributed by atoms with E-state index in [4.69, 9.17) is 21.3 Å². The molecule has 4 nitrogen and oxygen atoms in total.